The van der Waals surface area contributed by atoms with Crippen LogP contribution in [-0.4, -0.2) is 20.0 Å². The molecule has 2 aromatic carbocycles. The van der Waals surface area contributed by atoms with Crippen molar-refractivity contribution < 1.29 is 13.6 Å². The summed E-state index contributed by atoms with van der Waals surface area (Å²) in [6, 6.07) is 9.81. The van der Waals surface area contributed by atoms with E-state index in [4.69, 9.17) is 0 Å². The third-order valence-corrected chi connectivity index (χ3v) is 3.01. The van der Waals surface area contributed by atoms with Crippen LogP contribution in [0, 0.1) is 11.6 Å². The Morgan fingerprint density at radius 3 is 2.35 bits per heavy atom. The molecule has 2 aromatic rings. The maximum atomic E-state index is 13.6. The van der Waals surface area contributed by atoms with E-state index in [1.54, 1.807) is 14.1 Å². The normalized spacial score (nSPS) is 10.2. The second kappa shape index (κ2) is 5.69. The molecule has 0 fully saturated rings. The van der Waals surface area contributed by atoms with Gasteiger partial charge in [-0.2, -0.15) is 0 Å². The number of rotatable bonds is 3. The molecule has 0 radical (unpaired) electrons. The fourth-order valence-corrected chi connectivity index (χ4v) is 1.92. The number of nitrogens with one attached hydrogen (secondary N) is 1. The van der Waals surface area contributed by atoms with E-state index in [9.17, 15) is 13.6 Å². The summed E-state index contributed by atoms with van der Waals surface area (Å²) in [4.78, 5) is 13.7. The SMILES string of the molecule is CNc1c(F)cccc1C(=O)N(C)c1ccc(F)cc1. The second-order valence-corrected chi connectivity index (χ2v) is 4.25. The van der Waals surface area contributed by atoms with Crippen LogP contribution in [-0.2, 0) is 0 Å². The van der Waals surface area contributed by atoms with E-state index < -0.39 is 5.82 Å². The predicted octanol–water partition coefficient (Wildman–Crippen LogP) is 3.28. The van der Waals surface area contributed by atoms with Gasteiger partial charge in [-0.15, -0.1) is 0 Å². The van der Waals surface area contributed by atoms with Crippen molar-refractivity contribution in [1.29, 1.82) is 0 Å². The molecule has 3 nitrogen and oxygen atoms in total. The van der Waals surface area contributed by atoms with Crippen LogP contribution in [0.4, 0.5) is 20.2 Å². The first-order valence-electron chi connectivity index (χ1n) is 6.04. The van der Waals surface area contributed by atoms with Crippen LogP contribution in [0.1, 0.15) is 10.4 Å². The van der Waals surface area contributed by atoms with E-state index in [1.807, 2.05) is 0 Å². The summed E-state index contributed by atoms with van der Waals surface area (Å²) in [7, 11) is 3.10. The third-order valence-electron chi connectivity index (χ3n) is 3.01. The number of carbonyl (C=O) groups excluding carboxylic acids is 1. The Hall–Kier alpha value is -2.43. The zero-order chi connectivity index (χ0) is 14.7. The van der Waals surface area contributed by atoms with E-state index in [-0.39, 0.29) is 23.0 Å². The molecule has 104 valence electrons. The van der Waals surface area contributed by atoms with Crippen molar-refractivity contribution >= 4 is 17.3 Å². The van der Waals surface area contributed by atoms with Gasteiger partial charge in [-0.3, -0.25) is 4.79 Å². The molecular weight excluding hydrogens is 262 g/mol. The molecule has 0 saturated carbocycles. The number of anilines is 2. The van der Waals surface area contributed by atoms with Gasteiger partial charge in [0, 0.05) is 19.8 Å². The molecule has 0 aliphatic heterocycles. The van der Waals surface area contributed by atoms with Crippen molar-refractivity contribution in [3.05, 3.63) is 59.7 Å². The van der Waals surface area contributed by atoms with E-state index in [2.05, 4.69) is 5.32 Å². The van der Waals surface area contributed by atoms with Gasteiger partial charge in [-0.1, -0.05) is 6.07 Å². The number of nitrogens with zero attached hydrogens (tertiary/aromatic N) is 1. The summed E-state index contributed by atoms with van der Waals surface area (Å²) in [5, 5.41) is 2.68. The molecule has 1 N–H and O–H groups in total. The lowest BCUT2D eigenvalue weighted by Gasteiger charge is -2.19. The molecule has 0 saturated heterocycles. The first-order chi connectivity index (χ1) is 9.54. The van der Waals surface area contributed by atoms with Crippen LogP contribution in [0.15, 0.2) is 42.5 Å². The van der Waals surface area contributed by atoms with Gasteiger partial charge >= 0.3 is 0 Å². The summed E-state index contributed by atoms with van der Waals surface area (Å²) in [6.07, 6.45) is 0. The molecule has 1 amide bonds. The Bertz CT molecular complexity index is 626. The molecule has 0 atom stereocenters. The molecule has 0 aliphatic rings. The van der Waals surface area contributed by atoms with Crippen LogP contribution in [0.25, 0.3) is 0 Å². The van der Waals surface area contributed by atoms with Crippen molar-refractivity contribution in [3.8, 4) is 0 Å². The molecule has 5 heteroatoms. The quantitative estimate of drug-likeness (QED) is 0.933. The van der Waals surface area contributed by atoms with Gasteiger partial charge in [0.15, 0.2) is 0 Å². The van der Waals surface area contributed by atoms with Gasteiger partial charge in [-0.05, 0) is 36.4 Å². The van der Waals surface area contributed by atoms with E-state index >= 15 is 0 Å². The van der Waals surface area contributed by atoms with Crippen molar-refractivity contribution in [2.45, 2.75) is 0 Å². The first-order valence-corrected chi connectivity index (χ1v) is 6.04. The lowest BCUT2D eigenvalue weighted by Crippen LogP contribution is -2.27. The average Bonchev–Trinajstić information content (AvgIpc) is 2.46. The Labute approximate surface area is 115 Å². The van der Waals surface area contributed by atoms with Crippen LogP contribution in [0.2, 0.25) is 0 Å². The molecule has 0 bridgehead atoms. The topological polar surface area (TPSA) is 32.3 Å². The molecule has 0 heterocycles. The Kier molecular flexibility index (Phi) is 3.98. The molecule has 2 rings (SSSR count). The highest BCUT2D eigenvalue weighted by Gasteiger charge is 2.18. The van der Waals surface area contributed by atoms with Crippen molar-refractivity contribution in [1.82, 2.24) is 0 Å². The molecule has 0 unspecified atom stereocenters. The average molecular weight is 276 g/mol. The van der Waals surface area contributed by atoms with Gasteiger partial charge in [0.25, 0.3) is 5.91 Å². The molecule has 0 aliphatic carbocycles. The standard InChI is InChI=1S/C15H14F2N2O/c1-18-14-12(4-3-5-13(14)17)15(20)19(2)11-8-6-10(16)7-9-11/h3-9,18H,1-2H3. The number of amides is 1. The summed E-state index contributed by atoms with van der Waals surface area (Å²) in [5.74, 6) is -1.25. The van der Waals surface area contributed by atoms with Crippen LogP contribution in [0.5, 0.6) is 0 Å². The number of para-hydroxylation sites is 1. The Balaban J connectivity index is 2.36. The Morgan fingerprint density at radius 1 is 1.10 bits per heavy atom. The zero-order valence-electron chi connectivity index (χ0n) is 11.2. The summed E-state index contributed by atoms with van der Waals surface area (Å²) < 4.78 is 26.5. The van der Waals surface area contributed by atoms with Gasteiger partial charge in [0.05, 0.1) is 11.3 Å². The van der Waals surface area contributed by atoms with Crippen LogP contribution in [0.3, 0.4) is 0 Å². The van der Waals surface area contributed by atoms with Crippen molar-refractivity contribution in [2.24, 2.45) is 0 Å². The molecule has 20 heavy (non-hydrogen) atoms. The first kappa shape index (κ1) is 14.0. The van der Waals surface area contributed by atoms with Gasteiger partial charge in [0.1, 0.15) is 11.6 Å². The predicted molar refractivity (Wildman–Crippen MR) is 75.1 cm³/mol. The number of hydrogen-bond acceptors (Lipinski definition) is 2. The summed E-state index contributed by atoms with van der Waals surface area (Å²) >= 11 is 0. The fraction of sp³-hybridized carbons (Fsp3) is 0.133. The van der Waals surface area contributed by atoms with Crippen LogP contribution >= 0.6 is 0 Å². The second-order valence-electron chi connectivity index (χ2n) is 4.25. The lowest BCUT2D eigenvalue weighted by molar-refractivity contribution is 0.0993. The minimum absolute atomic E-state index is 0.145. The minimum atomic E-state index is -0.495. The van der Waals surface area contributed by atoms with Crippen LogP contribution < -0.4 is 10.2 Å². The highest BCUT2D eigenvalue weighted by atomic mass is 19.1. The third kappa shape index (κ3) is 2.61. The maximum absolute atomic E-state index is 13.6. The Morgan fingerprint density at radius 2 is 1.75 bits per heavy atom. The van der Waals surface area contributed by atoms with Crippen molar-refractivity contribution in [2.75, 3.05) is 24.3 Å². The number of carbonyl (C=O) groups is 1. The number of halogens is 2. The van der Waals surface area contributed by atoms with Gasteiger partial charge < -0.3 is 10.2 Å². The van der Waals surface area contributed by atoms with E-state index in [1.165, 1.54) is 47.4 Å². The van der Waals surface area contributed by atoms with E-state index in [0.29, 0.717) is 5.69 Å². The monoisotopic (exact) mass is 276 g/mol. The molecule has 0 aromatic heterocycles. The van der Waals surface area contributed by atoms with E-state index in [0.717, 1.165) is 0 Å². The molecular formula is C15H14F2N2O. The largest absolute Gasteiger partial charge is 0.385 e. The minimum Gasteiger partial charge on any atom is -0.385 e. The maximum Gasteiger partial charge on any atom is 0.260 e. The highest BCUT2D eigenvalue weighted by Crippen LogP contribution is 2.23. The molecule has 0 spiro atoms. The fourth-order valence-electron chi connectivity index (χ4n) is 1.92. The zero-order valence-corrected chi connectivity index (χ0v) is 11.2. The number of hydrogen-bond donors (Lipinski definition) is 1. The highest BCUT2D eigenvalue weighted by molar-refractivity contribution is 6.09. The summed E-state index contributed by atoms with van der Waals surface area (Å²) in [5.41, 5.74) is 0.897. The number of benzene rings is 2. The lowest BCUT2D eigenvalue weighted by atomic mass is 10.1. The van der Waals surface area contributed by atoms with Gasteiger partial charge in [-0.25, -0.2) is 8.78 Å². The smallest absolute Gasteiger partial charge is 0.260 e. The summed E-state index contributed by atoms with van der Waals surface area (Å²) in [6.45, 7) is 0. The van der Waals surface area contributed by atoms with Crippen molar-refractivity contribution in [3.63, 3.8) is 0 Å². The van der Waals surface area contributed by atoms with Gasteiger partial charge in [0.2, 0.25) is 0 Å².